The number of imidazole rings is 1. The summed E-state index contributed by atoms with van der Waals surface area (Å²) in [5.41, 5.74) is 3.50. The maximum absolute atomic E-state index is 14.1. The van der Waals surface area contributed by atoms with Crippen LogP contribution in [0.2, 0.25) is 5.02 Å². The number of hydrogen-bond donors (Lipinski definition) is 0. The SMILES string of the molecule is Cc1ccc2nc([C@H](CC3CCN(C(=O)C(C)C)CC3)N3C(=O)CN(c4ccc(Oc5ccc(Cl)cc5)cc4)C3=O)n(C)c2c1. The second kappa shape index (κ2) is 12.6. The van der Waals surface area contributed by atoms with E-state index < -0.39 is 6.04 Å². The summed E-state index contributed by atoms with van der Waals surface area (Å²) in [5, 5.41) is 0.623. The van der Waals surface area contributed by atoms with Gasteiger partial charge in [-0.1, -0.05) is 31.5 Å². The fourth-order valence-corrected chi connectivity index (χ4v) is 6.50. The van der Waals surface area contributed by atoms with Crippen LogP contribution in [0.4, 0.5) is 10.5 Å². The van der Waals surface area contributed by atoms with E-state index in [1.54, 1.807) is 48.5 Å². The number of likely N-dealkylation sites (tertiary alicyclic amines) is 1. The van der Waals surface area contributed by atoms with Crippen molar-refractivity contribution in [1.82, 2.24) is 19.4 Å². The number of hydrogen-bond acceptors (Lipinski definition) is 5. The number of imide groups is 1. The van der Waals surface area contributed by atoms with E-state index in [2.05, 4.69) is 6.07 Å². The molecule has 2 aliphatic rings. The van der Waals surface area contributed by atoms with E-state index in [4.69, 9.17) is 21.3 Å². The lowest BCUT2D eigenvalue weighted by molar-refractivity contribution is -0.135. The van der Waals surface area contributed by atoms with Crippen molar-refractivity contribution in [3.63, 3.8) is 0 Å². The van der Waals surface area contributed by atoms with E-state index >= 15 is 0 Å². The number of amides is 4. The molecule has 0 aliphatic carbocycles. The normalized spacial score (nSPS) is 16.7. The van der Waals surface area contributed by atoms with Gasteiger partial charge in [0.15, 0.2) is 0 Å². The van der Waals surface area contributed by atoms with Crippen molar-refractivity contribution in [2.24, 2.45) is 18.9 Å². The van der Waals surface area contributed by atoms with Crippen molar-refractivity contribution < 1.29 is 19.1 Å². The molecule has 234 valence electrons. The van der Waals surface area contributed by atoms with Crippen LogP contribution >= 0.6 is 11.6 Å². The standard InChI is InChI=1S/C35H38ClN5O4/c1-22(2)34(43)39-17-15-24(16-18-39)20-31(33-37-29-14-5-23(3)19-30(29)38(33)4)41-32(42)21-40(35(41)44)26-8-12-28(13-9-26)45-27-10-6-25(36)7-11-27/h5-14,19,22,24,31H,15-18,20-21H2,1-4H3/t31-/m0/s1. The number of piperidine rings is 1. The van der Waals surface area contributed by atoms with Crippen LogP contribution in [0, 0.1) is 18.8 Å². The Balaban J connectivity index is 1.26. The fraction of sp³-hybridized carbons (Fsp3) is 0.371. The molecular formula is C35H38ClN5O4. The topological polar surface area (TPSA) is 88.0 Å². The minimum Gasteiger partial charge on any atom is -0.457 e. The third-order valence-corrected chi connectivity index (χ3v) is 9.11. The first-order valence-corrected chi connectivity index (χ1v) is 15.9. The third-order valence-electron chi connectivity index (χ3n) is 8.85. The molecule has 4 aromatic rings. The maximum Gasteiger partial charge on any atom is 0.332 e. The van der Waals surface area contributed by atoms with Gasteiger partial charge >= 0.3 is 6.03 Å². The average Bonchev–Trinajstić information content (AvgIpc) is 3.51. The minimum atomic E-state index is -0.544. The third kappa shape index (κ3) is 6.27. The molecule has 0 saturated carbocycles. The molecule has 10 heteroatoms. The Bertz CT molecular complexity index is 1730. The quantitative estimate of drug-likeness (QED) is 0.194. The van der Waals surface area contributed by atoms with E-state index in [0.29, 0.717) is 47.5 Å². The number of carbonyl (C=O) groups excluding carboxylic acids is 3. The average molecular weight is 628 g/mol. The molecule has 0 radical (unpaired) electrons. The lowest BCUT2D eigenvalue weighted by Crippen LogP contribution is -2.42. The Hall–Kier alpha value is -4.37. The van der Waals surface area contributed by atoms with Crippen LogP contribution in [-0.4, -0.2) is 56.8 Å². The van der Waals surface area contributed by atoms with Crippen LogP contribution in [0.15, 0.2) is 66.7 Å². The van der Waals surface area contributed by atoms with Gasteiger partial charge in [-0.3, -0.25) is 19.4 Å². The molecule has 1 atom stereocenters. The summed E-state index contributed by atoms with van der Waals surface area (Å²) in [6, 6.07) is 19.4. The number of rotatable bonds is 8. The summed E-state index contributed by atoms with van der Waals surface area (Å²) in [5.74, 6) is 2.03. The zero-order valence-corrected chi connectivity index (χ0v) is 26.8. The molecule has 1 aromatic heterocycles. The van der Waals surface area contributed by atoms with Crippen molar-refractivity contribution >= 4 is 46.2 Å². The van der Waals surface area contributed by atoms with Gasteiger partial charge in [-0.2, -0.15) is 0 Å². The smallest absolute Gasteiger partial charge is 0.332 e. The molecule has 0 unspecified atom stereocenters. The van der Waals surface area contributed by atoms with Crippen molar-refractivity contribution in [2.45, 2.75) is 46.1 Å². The molecule has 3 heterocycles. The summed E-state index contributed by atoms with van der Waals surface area (Å²) in [6.07, 6.45) is 2.21. The second-order valence-electron chi connectivity index (χ2n) is 12.4. The highest BCUT2D eigenvalue weighted by molar-refractivity contribution is 6.30. The Morgan fingerprint density at radius 2 is 1.62 bits per heavy atom. The molecule has 0 bridgehead atoms. The molecule has 2 fully saturated rings. The second-order valence-corrected chi connectivity index (χ2v) is 12.8. The molecule has 45 heavy (non-hydrogen) atoms. The Morgan fingerprint density at radius 1 is 0.978 bits per heavy atom. The Labute approximate surface area is 268 Å². The number of carbonyl (C=O) groups is 3. The van der Waals surface area contributed by atoms with E-state index in [0.717, 1.165) is 29.4 Å². The van der Waals surface area contributed by atoms with Crippen LogP contribution in [-0.2, 0) is 16.6 Å². The number of anilines is 1. The largest absolute Gasteiger partial charge is 0.457 e. The van der Waals surface area contributed by atoms with Crippen molar-refractivity contribution in [3.05, 3.63) is 83.1 Å². The zero-order chi connectivity index (χ0) is 31.8. The lowest BCUT2D eigenvalue weighted by Gasteiger charge is -2.36. The first-order chi connectivity index (χ1) is 21.6. The fourth-order valence-electron chi connectivity index (χ4n) is 6.37. The highest BCUT2D eigenvalue weighted by Crippen LogP contribution is 2.37. The van der Waals surface area contributed by atoms with Gasteiger partial charge in [0, 0.05) is 36.8 Å². The number of urea groups is 1. The van der Waals surface area contributed by atoms with Crippen molar-refractivity contribution in [1.29, 1.82) is 0 Å². The van der Waals surface area contributed by atoms with Crippen molar-refractivity contribution in [2.75, 3.05) is 24.5 Å². The Morgan fingerprint density at radius 3 is 2.27 bits per heavy atom. The number of aryl methyl sites for hydroxylation is 2. The van der Waals surface area contributed by atoms with E-state index in [1.807, 2.05) is 49.4 Å². The lowest BCUT2D eigenvalue weighted by atomic mass is 9.89. The zero-order valence-electron chi connectivity index (χ0n) is 26.1. The van der Waals surface area contributed by atoms with Crippen LogP contribution < -0.4 is 9.64 Å². The van der Waals surface area contributed by atoms with E-state index in [1.165, 1.54) is 9.80 Å². The molecule has 9 nitrogen and oxygen atoms in total. The predicted octanol–water partition coefficient (Wildman–Crippen LogP) is 7.12. The monoisotopic (exact) mass is 627 g/mol. The van der Waals surface area contributed by atoms with Crippen molar-refractivity contribution in [3.8, 4) is 11.5 Å². The van der Waals surface area contributed by atoms with Gasteiger partial charge in [0.2, 0.25) is 5.91 Å². The highest BCUT2D eigenvalue weighted by Gasteiger charge is 2.44. The summed E-state index contributed by atoms with van der Waals surface area (Å²) in [4.78, 5) is 50.2. The summed E-state index contributed by atoms with van der Waals surface area (Å²) in [6.45, 7) is 7.18. The molecule has 0 N–H and O–H groups in total. The molecule has 4 amide bonds. The molecule has 2 saturated heterocycles. The van der Waals surface area contributed by atoms with E-state index in [-0.39, 0.29) is 36.2 Å². The van der Waals surface area contributed by atoms with E-state index in [9.17, 15) is 14.4 Å². The molecule has 2 aliphatic heterocycles. The van der Waals surface area contributed by atoms with Gasteiger partial charge in [0.25, 0.3) is 5.91 Å². The summed E-state index contributed by atoms with van der Waals surface area (Å²) >= 11 is 5.98. The number of ether oxygens (including phenoxy) is 1. The number of nitrogens with zero attached hydrogens (tertiary/aromatic N) is 5. The number of benzene rings is 3. The maximum atomic E-state index is 14.1. The molecule has 0 spiro atoms. The number of halogens is 1. The molecule has 6 rings (SSSR count). The minimum absolute atomic E-state index is 0.0401. The van der Waals surface area contributed by atoms with Crippen LogP contribution in [0.5, 0.6) is 11.5 Å². The summed E-state index contributed by atoms with van der Waals surface area (Å²) < 4.78 is 7.92. The molecular weight excluding hydrogens is 590 g/mol. The summed E-state index contributed by atoms with van der Waals surface area (Å²) in [7, 11) is 1.95. The van der Waals surface area contributed by atoms with Crippen LogP contribution in [0.3, 0.4) is 0 Å². The highest BCUT2D eigenvalue weighted by atomic mass is 35.5. The molecule has 3 aromatic carbocycles. The predicted molar refractivity (Wildman–Crippen MR) is 175 cm³/mol. The van der Waals surface area contributed by atoms with Gasteiger partial charge in [-0.05, 0) is 98.3 Å². The first-order valence-electron chi connectivity index (χ1n) is 15.5. The number of aromatic nitrogens is 2. The van der Waals surface area contributed by atoms with Gasteiger partial charge in [0.05, 0.1) is 17.1 Å². The van der Waals surface area contributed by atoms with Crippen LogP contribution in [0.1, 0.15) is 50.5 Å². The van der Waals surface area contributed by atoms with Gasteiger partial charge in [0.1, 0.15) is 23.9 Å². The Kier molecular flexibility index (Phi) is 8.55. The van der Waals surface area contributed by atoms with Gasteiger partial charge < -0.3 is 14.2 Å². The van der Waals surface area contributed by atoms with Crippen LogP contribution in [0.25, 0.3) is 11.0 Å². The number of fused-ring (bicyclic) bond motifs is 1. The van der Waals surface area contributed by atoms with Gasteiger partial charge in [-0.15, -0.1) is 0 Å². The first kappa shape index (κ1) is 30.6. The van der Waals surface area contributed by atoms with Gasteiger partial charge in [-0.25, -0.2) is 9.78 Å².